The fourth-order valence-electron chi connectivity index (χ4n) is 2.07. The Balaban J connectivity index is 2.26. The van der Waals surface area contributed by atoms with E-state index in [2.05, 4.69) is 9.84 Å². The summed E-state index contributed by atoms with van der Waals surface area (Å²) in [4.78, 5) is 11.3. The SMILES string of the molecule is COC(=O)Cc1ccc(Oc2c(CO)c(C)nn2C)c(Cl)c1. The van der Waals surface area contributed by atoms with Crippen LogP contribution in [0.5, 0.6) is 11.6 Å². The van der Waals surface area contributed by atoms with E-state index < -0.39 is 0 Å². The van der Waals surface area contributed by atoms with Crippen LogP contribution in [0.25, 0.3) is 0 Å². The first-order chi connectivity index (χ1) is 10.5. The van der Waals surface area contributed by atoms with Gasteiger partial charge in [-0.15, -0.1) is 0 Å². The highest BCUT2D eigenvalue weighted by Gasteiger charge is 2.16. The highest BCUT2D eigenvalue weighted by molar-refractivity contribution is 6.32. The number of ether oxygens (including phenoxy) is 2. The molecule has 7 heteroatoms. The highest BCUT2D eigenvalue weighted by Crippen LogP contribution is 2.33. The summed E-state index contributed by atoms with van der Waals surface area (Å²) >= 11 is 6.19. The van der Waals surface area contributed by atoms with Crippen molar-refractivity contribution in [3.8, 4) is 11.6 Å². The first kappa shape index (κ1) is 16.3. The van der Waals surface area contributed by atoms with Gasteiger partial charge in [-0.1, -0.05) is 17.7 Å². The first-order valence-electron chi connectivity index (χ1n) is 6.62. The Bertz CT molecular complexity index is 697. The second-order valence-corrected chi connectivity index (χ2v) is 5.18. The van der Waals surface area contributed by atoms with Gasteiger partial charge < -0.3 is 14.6 Å². The summed E-state index contributed by atoms with van der Waals surface area (Å²) in [5, 5.41) is 14.0. The molecule has 1 aromatic carbocycles. The van der Waals surface area contributed by atoms with Crippen LogP contribution in [0, 0.1) is 6.92 Å². The van der Waals surface area contributed by atoms with Crippen molar-refractivity contribution in [1.29, 1.82) is 0 Å². The van der Waals surface area contributed by atoms with E-state index in [1.807, 2.05) is 0 Å². The minimum absolute atomic E-state index is 0.142. The quantitative estimate of drug-likeness (QED) is 0.855. The largest absolute Gasteiger partial charge is 0.469 e. The number of hydrogen-bond acceptors (Lipinski definition) is 5. The molecule has 22 heavy (non-hydrogen) atoms. The molecule has 2 aromatic rings. The lowest BCUT2D eigenvalue weighted by molar-refractivity contribution is -0.139. The second-order valence-electron chi connectivity index (χ2n) is 4.77. The molecule has 0 saturated carbocycles. The number of methoxy groups -OCH3 is 1. The van der Waals surface area contributed by atoms with Gasteiger partial charge in [0, 0.05) is 7.05 Å². The Morgan fingerprint density at radius 2 is 2.18 bits per heavy atom. The van der Waals surface area contributed by atoms with Crippen molar-refractivity contribution in [3.63, 3.8) is 0 Å². The van der Waals surface area contributed by atoms with Crippen molar-refractivity contribution in [2.24, 2.45) is 7.05 Å². The number of nitrogens with zero attached hydrogens (tertiary/aromatic N) is 2. The molecule has 1 aromatic heterocycles. The van der Waals surface area contributed by atoms with Gasteiger partial charge in [0.05, 0.1) is 36.4 Å². The fourth-order valence-corrected chi connectivity index (χ4v) is 2.31. The van der Waals surface area contributed by atoms with E-state index in [0.717, 1.165) is 5.56 Å². The Hall–Kier alpha value is -2.05. The topological polar surface area (TPSA) is 73.6 Å². The molecular formula is C15H17ClN2O4. The van der Waals surface area contributed by atoms with Crippen molar-refractivity contribution in [1.82, 2.24) is 9.78 Å². The number of rotatable bonds is 5. The third-order valence-corrected chi connectivity index (χ3v) is 3.52. The van der Waals surface area contributed by atoms with Crippen molar-refractivity contribution in [3.05, 3.63) is 40.0 Å². The number of carbonyl (C=O) groups is 1. The Morgan fingerprint density at radius 1 is 1.45 bits per heavy atom. The third kappa shape index (κ3) is 3.40. The van der Waals surface area contributed by atoms with Crippen molar-refractivity contribution in [2.75, 3.05) is 7.11 Å². The van der Waals surface area contributed by atoms with Crippen molar-refractivity contribution >= 4 is 17.6 Å². The van der Waals surface area contributed by atoms with E-state index in [4.69, 9.17) is 16.3 Å². The van der Waals surface area contributed by atoms with E-state index in [-0.39, 0.29) is 19.0 Å². The maximum absolute atomic E-state index is 11.3. The second kappa shape index (κ2) is 6.81. The number of aliphatic hydroxyl groups excluding tert-OH is 1. The van der Waals surface area contributed by atoms with Gasteiger partial charge in [-0.2, -0.15) is 5.10 Å². The zero-order chi connectivity index (χ0) is 16.3. The number of hydrogen-bond donors (Lipinski definition) is 1. The average molecular weight is 325 g/mol. The maximum Gasteiger partial charge on any atom is 0.309 e. The zero-order valence-electron chi connectivity index (χ0n) is 12.6. The Labute approximate surface area is 133 Å². The first-order valence-corrected chi connectivity index (χ1v) is 7.00. The number of aliphatic hydroxyl groups is 1. The molecule has 0 spiro atoms. The van der Waals surface area contributed by atoms with Crippen LogP contribution in [0.1, 0.15) is 16.8 Å². The van der Waals surface area contributed by atoms with Crippen molar-refractivity contribution < 1.29 is 19.4 Å². The van der Waals surface area contributed by atoms with Gasteiger partial charge in [0.25, 0.3) is 0 Å². The third-order valence-electron chi connectivity index (χ3n) is 3.23. The van der Waals surface area contributed by atoms with Gasteiger partial charge in [-0.3, -0.25) is 4.79 Å². The molecule has 0 atom stereocenters. The van der Waals surface area contributed by atoms with Crippen molar-refractivity contribution in [2.45, 2.75) is 20.0 Å². The predicted molar refractivity (Wildman–Crippen MR) is 81.1 cm³/mol. The summed E-state index contributed by atoms with van der Waals surface area (Å²) in [6.07, 6.45) is 0.142. The van der Waals surface area contributed by atoms with Gasteiger partial charge in [0.15, 0.2) is 0 Å². The summed E-state index contributed by atoms with van der Waals surface area (Å²) in [6.45, 7) is 1.62. The van der Waals surface area contributed by atoms with Crippen LogP contribution in [0.3, 0.4) is 0 Å². The predicted octanol–water partition coefficient (Wildman–Crippen LogP) is 2.38. The van der Waals surface area contributed by atoms with Gasteiger partial charge in [0.2, 0.25) is 5.88 Å². The van der Waals surface area contributed by atoms with Crippen LogP contribution in [-0.2, 0) is 29.6 Å². The van der Waals surface area contributed by atoms with E-state index in [1.54, 1.807) is 36.9 Å². The highest BCUT2D eigenvalue weighted by atomic mass is 35.5. The molecule has 1 N–H and O–H groups in total. The molecule has 0 amide bonds. The molecule has 2 rings (SSSR count). The minimum atomic E-state index is -0.338. The zero-order valence-corrected chi connectivity index (χ0v) is 13.3. The molecule has 0 fully saturated rings. The monoisotopic (exact) mass is 324 g/mol. The summed E-state index contributed by atoms with van der Waals surface area (Å²) < 4.78 is 11.9. The average Bonchev–Trinajstić information content (AvgIpc) is 2.75. The van der Waals surface area contributed by atoms with Crippen LogP contribution in [0.4, 0.5) is 0 Å². The number of benzene rings is 1. The Morgan fingerprint density at radius 3 is 2.77 bits per heavy atom. The van der Waals surface area contributed by atoms with Crippen LogP contribution in [0.15, 0.2) is 18.2 Å². The molecule has 0 aliphatic heterocycles. The van der Waals surface area contributed by atoms with Gasteiger partial charge in [-0.05, 0) is 24.6 Å². The molecule has 0 radical (unpaired) electrons. The standard InChI is InChI=1S/C15H17ClN2O4/c1-9-11(8-19)15(18(2)17-9)22-13-5-4-10(6-12(13)16)7-14(20)21-3/h4-6,19H,7-8H2,1-3H3. The fraction of sp³-hybridized carbons (Fsp3) is 0.333. The number of aromatic nitrogens is 2. The molecule has 0 aliphatic carbocycles. The van der Waals surface area contributed by atoms with Crippen LogP contribution in [0.2, 0.25) is 5.02 Å². The number of esters is 1. The molecule has 1 heterocycles. The summed E-state index contributed by atoms with van der Waals surface area (Å²) in [7, 11) is 3.06. The van der Waals surface area contributed by atoms with Gasteiger partial charge in [-0.25, -0.2) is 4.68 Å². The number of aryl methyl sites for hydroxylation is 2. The molecule has 0 unspecified atom stereocenters. The van der Waals surface area contributed by atoms with E-state index >= 15 is 0 Å². The lowest BCUT2D eigenvalue weighted by atomic mass is 10.1. The van der Waals surface area contributed by atoms with E-state index in [1.165, 1.54) is 7.11 Å². The van der Waals surface area contributed by atoms with Crippen LogP contribution in [-0.4, -0.2) is 28.0 Å². The maximum atomic E-state index is 11.3. The van der Waals surface area contributed by atoms with E-state index in [9.17, 15) is 9.90 Å². The molecule has 0 saturated heterocycles. The lowest BCUT2D eigenvalue weighted by Gasteiger charge is -2.10. The molecule has 6 nitrogen and oxygen atoms in total. The van der Waals surface area contributed by atoms with Crippen LogP contribution < -0.4 is 4.74 Å². The summed E-state index contributed by atoms with van der Waals surface area (Å²) in [6, 6.07) is 5.06. The number of carbonyl (C=O) groups excluding carboxylic acids is 1. The molecule has 0 bridgehead atoms. The minimum Gasteiger partial charge on any atom is -0.469 e. The lowest BCUT2D eigenvalue weighted by Crippen LogP contribution is -2.04. The summed E-state index contributed by atoms with van der Waals surface area (Å²) in [5.74, 6) is 0.519. The molecular weight excluding hydrogens is 308 g/mol. The number of halogens is 1. The van der Waals surface area contributed by atoms with Crippen LogP contribution >= 0.6 is 11.6 Å². The van der Waals surface area contributed by atoms with E-state index in [0.29, 0.717) is 27.9 Å². The molecule has 118 valence electrons. The Kier molecular flexibility index (Phi) is 5.05. The smallest absolute Gasteiger partial charge is 0.309 e. The van der Waals surface area contributed by atoms with Gasteiger partial charge >= 0.3 is 5.97 Å². The molecule has 0 aliphatic rings. The van der Waals surface area contributed by atoms with Gasteiger partial charge in [0.1, 0.15) is 5.75 Å². The summed E-state index contributed by atoms with van der Waals surface area (Å²) in [5.41, 5.74) is 2.03. The normalized spacial score (nSPS) is 10.6.